The smallest absolute Gasteiger partial charge is 0.258 e. The Morgan fingerprint density at radius 3 is 2.54 bits per heavy atom. The Hall–Kier alpha value is -3.91. The zero-order chi connectivity index (χ0) is 25.8. The first-order valence-corrected chi connectivity index (χ1v) is 13.2. The Labute approximate surface area is 219 Å². The van der Waals surface area contributed by atoms with Crippen LogP contribution >= 0.6 is 11.5 Å². The number of carbonyl (C=O) groups is 1. The van der Waals surface area contributed by atoms with E-state index in [1.807, 2.05) is 54.3 Å². The van der Waals surface area contributed by atoms with Crippen LogP contribution in [0, 0.1) is 13.8 Å². The third-order valence-corrected chi connectivity index (χ3v) is 7.51. The average Bonchev–Trinajstić information content (AvgIpc) is 3.52. The van der Waals surface area contributed by atoms with Crippen LogP contribution in [-0.4, -0.2) is 39.9 Å². The number of aromatic amines is 1. The van der Waals surface area contributed by atoms with Crippen molar-refractivity contribution in [3.05, 3.63) is 87.8 Å². The van der Waals surface area contributed by atoms with Crippen molar-refractivity contribution in [1.82, 2.24) is 14.3 Å². The van der Waals surface area contributed by atoms with Crippen LogP contribution in [0.2, 0.25) is 0 Å². The van der Waals surface area contributed by atoms with E-state index in [1.165, 1.54) is 11.5 Å². The van der Waals surface area contributed by atoms with E-state index >= 15 is 0 Å². The maximum absolute atomic E-state index is 11.8. The van der Waals surface area contributed by atoms with Gasteiger partial charge >= 0.3 is 0 Å². The molecule has 1 fully saturated rings. The number of aromatic nitrogens is 2. The van der Waals surface area contributed by atoms with E-state index in [2.05, 4.69) is 28.4 Å². The molecule has 0 saturated carbocycles. The second-order valence-electron chi connectivity index (χ2n) is 9.09. The summed E-state index contributed by atoms with van der Waals surface area (Å²) >= 11 is 1.33. The van der Waals surface area contributed by atoms with Crippen LogP contribution in [0.15, 0.2) is 65.5 Å². The number of carbonyl (C=O) groups excluding carboxylic acids is 1. The molecule has 2 aromatic heterocycles. The molecule has 190 valence electrons. The topological polar surface area (TPSA) is 84.5 Å². The van der Waals surface area contributed by atoms with Gasteiger partial charge in [-0.05, 0) is 72.9 Å². The molecular weight excluding hydrogens is 486 g/mol. The number of likely N-dealkylation sites (tertiary alicyclic amines) is 1. The molecule has 4 aromatic rings. The predicted octanol–water partition coefficient (Wildman–Crippen LogP) is 5.36. The molecule has 7 nitrogen and oxygen atoms in total. The Morgan fingerprint density at radius 1 is 1.00 bits per heavy atom. The van der Waals surface area contributed by atoms with Crippen LogP contribution in [0.25, 0.3) is 21.6 Å². The third kappa shape index (κ3) is 5.75. The summed E-state index contributed by atoms with van der Waals surface area (Å²) in [5, 5.41) is 0. The van der Waals surface area contributed by atoms with Gasteiger partial charge in [-0.3, -0.25) is 14.0 Å². The molecule has 1 N–H and O–H groups in total. The van der Waals surface area contributed by atoms with Crippen molar-refractivity contribution in [3.8, 4) is 33.2 Å². The lowest BCUT2D eigenvalue weighted by Gasteiger charge is -2.17. The number of nitrogens with zero attached hydrogens (tertiary/aromatic N) is 2. The number of H-pyrrole nitrogens is 1. The van der Waals surface area contributed by atoms with Gasteiger partial charge in [0.15, 0.2) is 0 Å². The number of pyridine rings is 1. The van der Waals surface area contributed by atoms with Gasteiger partial charge in [0.05, 0.1) is 11.4 Å². The molecule has 0 bridgehead atoms. The highest BCUT2D eigenvalue weighted by Crippen LogP contribution is 2.30. The van der Waals surface area contributed by atoms with Crippen molar-refractivity contribution < 1.29 is 14.3 Å². The first-order valence-electron chi connectivity index (χ1n) is 12.4. The molecule has 0 aliphatic carbocycles. The lowest BCUT2D eigenvalue weighted by Crippen LogP contribution is -2.29. The number of benzene rings is 2. The summed E-state index contributed by atoms with van der Waals surface area (Å²) in [5.41, 5.74) is 6.18. The number of rotatable bonds is 9. The van der Waals surface area contributed by atoms with Crippen molar-refractivity contribution in [3.63, 3.8) is 0 Å². The van der Waals surface area contributed by atoms with E-state index < -0.39 is 0 Å². The lowest BCUT2D eigenvalue weighted by atomic mass is 9.96. The van der Waals surface area contributed by atoms with E-state index in [1.54, 1.807) is 6.07 Å². The van der Waals surface area contributed by atoms with Crippen molar-refractivity contribution in [2.24, 2.45) is 0 Å². The van der Waals surface area contributed by atoms with E-state index in [0.717, 1.165) is 57.1 Å². The number of aryl methyl sites for hydroxylation is 1. The minimum atomic E-state index is -0.0847. The van der Waals surface area contributed by atoms with E-state index in [-0.39, 0.29) is 11.5 Å². The molecule has 1 aliphatic rings. The fraction of sp³-hybridized carbons (Fsp3) is 0.276. The summed E-state index contributed by atoms with van der Waals surface area (Å²) in [5.74, 6) is 1.54. The Balaban J connectivity index is 1.23. The maximum atomic E-state index is 11.8. The van der Waals surface area contributed by atoms with E-state index in [0.29, 0.717) is 32.1 Å². The van der Waals surface area contributed by atoms with Gasteiger partial charge in [-0.15, -0.1) is 0 Å². The molecule has 0 atom stereocenters. The van der Waals surface area contributed by atoms with Crippen molar-refractivity contribution in [2.45, 2.75) is 33.3 Å². The van der Waals surface area contributed by atoms with Gasteiger partial charge < -0.3 is 14.4 Å². The molecule has 5 rings (SSSR count). The second kappa shape index (κ2) is 11.0. The molecule has 2 aromatic carbocycles. The summed E-state index contributed by atoms with van der Waals surface area (Å²) in [4.78, 5) is 30.6. The van der Waals surface area contributed by atoms with Crippen LogP contribution < -0.4 is 15.0 Å². The fourth-order valence-electron chi connectivity index (χ4n) is 4.54. The summed E-state index contributed by atoms with van der Waals surface area (Å²) in [6, 6.07) is 19.5. The van der Waals surface area contributed by atoms with E-state index in [4.69, 9.17) is 9.47 Å². The Morgan fingerprint density at radius 2 is 1.84 bits per heavy atom. The van der Waals surface area contributed by atoms with Crippen molar-refractivity contribution >= 4 is 17.4 Å². The molecule has 1 amide bonds. The maximum Gasteiger partial charge on any atom is 0.258 e. The highest BCUT2D eigenvalue weighted by atomic mass is 32.1. The van der Waals surface area contributed by atoms with Gasteiger partial charge in [0, 0.05) is 36.4 Å². The van der Waals surface area contributed by atoms with Crippen LogP contribution in [0.3, 0.4) is 0 Å². The summed E-state index contributed by atoms with van der Waals surface area (Å²) in [6.07, 6.45) is 1.57. The summed E-state index contributed by atoms with van der Waals surface area (Å²) < 4.78 is 14.6. The zero-order valence-corrected chi connectivity index (χ0v) is 21.8. The van der Waals surface area contributed by atoms with Gasteiger partial charge in [0.1, 0.15) is 19.0 Å². The molecule has 0 radical (unpaired) electrons. The van der Waals surface area contributed by atoms with Crippen LogP contribution in [0.4, 0.5) is 0 Å². The monoisotopic (exact) mass is 515 g/mol. The Bertz CT molecular complexity index is 1460. The summed E-state index contributed by atoms with van der Waals surface area (Å²) in [6.45, 7) is 6.38. The van der Waals surface area contributed by atoms with Gasteiger partial charge in [-0.1, -0.05) is 29.7 Å². The normalized spacial score (nSPS) is 13.2. The second-order valence-corrected chi connectivity index (χ2v) is 9.94. The largest absolute Gasteiger partial charge is 0.489 e. The molecule has 0 unspecified atom stereocenters. The molecule has 3 heterocycles. The molecule has 37 heavy (non-hydrogen) atoms. The highest BCUT2D eigenvalue weighted by molar-refractivity contribution is 7.09. The quantitative estimate of drug-likeness (QED) is 0.324. The van der Waals surface area contributed by atoms with Gasteiger partial charge in [0.2, 0.25) is 11.8 Å². The SMILES string of the molecule is Cc1nc(OCCN2CCCC2=O)ccc1-c1cccc(COc2ccc(-c3cc(=O)[nH]s3)cc2)c1C. The lowest BCUT2D eigenvalue weighted by molar-refractivity contribution is -0.128. The molecule has 8 heteroatoms. The highest BCUT2D eigenvalue weighted by Gasteiger charge is 2.19. The molecular formula is C29H29N3O4S. The van der Waals surface area contributed by atoms with Crippen LogP contribution in [0.1, 0.15) is 29.7 Å². The molecule has 1 saturated heterocycles. The average molecular weight is 516 g/mol. The minimum absolute atomic E-state index is 0.0847. The molecule has 1 aliphatic heterocycles. The standard InChI is InChI=1S/C29H29N3O4S/c1-19-22(18-36-23-10-8-21(9-11-23)26-17-27(33)31-37-26)5-3-6-24(19)25-12-13-28(30-20(25)2)35-16-15-32-14-4-7-29(32)34/h3,5-6,8-13,17H,4,7,14-16,18H2,1-2H3,(H,31,33). The third-order valence-electron chi connectivity index (χ3n) is 6.64. The minimum Gasteiger partial charge on any atom is -0.489 e. The van der Waals surface area contributed by atoms with Gasteiger partial charge in [-0.25, -0.2) is 4.98 Å². The zero-order valence-electron chi connectivity index (χ0n) is 21.0. The number of hydrogen-bond donors (Lipinski definition) is 1. The first kappa shape index (κ1) is 24.8. The number of amides is 1. The fourth-order valence-corrected chi connectivity index (χ4v) is 5.23. The van der Waals surface area contributed by atoms with Crippen molar-refractivity contribution in [1.29, 1.82) is 0 Å². The van der Waals surface area contributed by atoms with Gasteiger partial charge in [0.25, 0.3) is 5.56 Å². The molecule has 0 spiro atoms. The van der Waals surface area contributed by atoms with Crippen LogP contribution in [-0.2, 0) is 11.4 Å². The van der Waals surface area contributed by atoms with Crippen molar-refractivity contribution in [2.75, 3.05) is 19.7 Å². The predicted molar refractivity (Wildman–Crippen MR) is 145 cm³/mol. The Kier molecular flexibility index (Phi) is 7.37. The summed E-state index contributed by atoms with van der Waals surface area (Å²) in [7, 11) is 0. The van der Waals surface area contributed by atoms with Crippen LogP contribution in [0.5, 0.6) is 11.6 Å². The number of hydrogen-bond acceptors (Lipinski definition) is 6. The van der Waals surface area contributed by atoms with Gasteiger partial charge in [-0.2, -0.15) is 0 Å². The first-order chi connectivity index (χ1) is 18.0. The number of nitrogens with one attached hydrogen (secondary N) is 1. The number of ether oxygens (including phenoxy) is 2. The van der Waals surface area contributed by atoms with E-state index in [9.17, 15) is 9.59 Å².